The fraction of sp³-hybridized carbons (Fsp3) is 0.353. The number of aryl methyl sites for hydroxylation is 1. The van der Waals surface area contributed by atoms with E-state index in [0.717, 1.165) is 5.56 Å². The van der Waals surface area contributed by atoms with Crippen molar-refractivity contribution in [1.29, 1.82) is 0 Å². The van der Waals surface area contributed by atoms with Crippen LogP contribution in [0.4, 0.5) is 5.82 Å². The van der Waals surface area contributed by atoms with Crippen LogP contribution < -0.4 is 5.32 Å². The average Bonchev–Trinajstić information content (AvgIpc) is 3.24. The first-order valence-corrected chi connectivity index (χ1v) is 7.57. The molecule has 0 bridgehead atoms. The molecule has 1 aromatic heterocycles. The topological polar surface area (TPSA) is 75.4 Å². The lowest BCUT2D eigenvalue weighted by Crippen LogP contribution is -2.29. The molecule has 1 saturated carbocycles. The molecule has 2 amide bonds. The van der Waals surface area contributed by atoms with Gasteiger partial charge in [0.15, 0.2) is 5.82 Å². The average molecular weight is 313 g/mol. The number of aromatic nitrogens is 1. The Kier molecular flexibility index (Phi) is 4.14. The predicted octanol–water partition coefficient (Wildman–Crippen LogP) is 2.22. The molecule has 1 fully saturated rings. The SMILES string of the molecule is Cc1cc(NC(=O)C2CC2C(=O)N(C)Cc2ccccc2)no1. The number of anilines is 1. The third-order valence-corrected chi connectivity index (χ3v) is 3.96. The Balaban J connectivity index is 1.52. The fourth-order valence-corrected chi connectivity index (χ4v) is 2.62. The van der Waals surface area contributed by atoms with Crippen molar-refractivity contribution in [2.45, 2.75) is 19.9 Å². The first kappa shape index (κ1) is 15.3. The van der Waals surface area contributed by atoms with Crippen molar-refractivity contribution < 1.29 is 14.1 Å². The molecule has 1 aromatic carbocycles. The van der Waals surface area contributed by atoms with Gasteiger partial charge in [-0.2, -0.15) is 0 Å². The van der Waals surface area contributed by atoms with Crippen molar-refractivity contribution in [3.63, 3.8) is 0 Å². The summed E-state index contributed by atoms with van der Waals surface area (Å²) in [6, 6.07) is 11.4. The molecule has 0 saturated heterocycles. The van der Waals surface area contributed by atoms with Gasteiger partial charge in [0.2, 0.25) is 11.8 Å². The Morgan fingerprint density at radius 2 is 2.04 bits per heavy atom. The van der Waals surface area contributed by atoms with Crippen LogP contribution in [0.15, 0.2) is 40.9 Å². The number of carbonyl (C=O) groups excluding carboxylic acids is 2. The van der Waals surface area contributed by atoms with E-state index in [1.807, 2.05) is 30.3 Å². The maximum absolute atomic E-state index is 12.4. The largest absolute Gasteiger partial charge is 0.360 e. The Morgan fingerprint density at radius 3 is 2.70 bits per heavy atom. The first-order chi connectivity index (χ1) is 11.0. The van der Waals surface area contributed by atoms with E-state index in [9.17, 15) is 9.59 Å². The molecule has 3 rings (SSSR count). The summed E-state index contributed by atoms with van der Waals surface area (Å²) in [4.78, 5) is 26.2. The molecule has 1 aliphatic carbocycles. The summed E-state index contributed by atoms with van der Waals surface area (Å²) in [5.41, 5.74) is 1.07. The van der Waals surface area contributed by atoms with Crippen molar-refractivity contribution in [2.24, 2.45) is 11.8 Å². The normalized spacial score (nSPS) is 19.2. The lowest BCUT2D eigenvalue weighted by molar-refractivity contribution is -0.133. The summed E-state index contributed by atoms with van der Waals surface area (Å²) < 4.78 is 4.90. The molecule has 6 nitrogen and oxygen atoms in total. The lowest BCUT2D eigenvalue weighted by Gasteiger charge is -2.17. The molecule has 0 radical (unpaired) electrons. The summed E-state index contributed by atoms with van der Waals surface area (Å²) in [6.45, 7) is 2.30. The third kappa shape index (κ3) is 3.59. The molecule has 2 unspecified atom stereocenters. The predicted molar refractivity (Wildman–Crippen MR) is 84.4 cm³/mol. The van der Waals surface area contributed by atoms with E-state index >= 15 is 0 Å². The first-order valence-electron chi connectivity index (χ1n) is 7.57. The third-order valence-electron chi connectivity index (χ3n) is 3.96. The monoisotopic (exact) mass is 313 g/mol. The van der Waals surface area contributed by atoms with Gasteiger partial charge in [-0.1, -0.05) is 35.5 Å². The van der Waals surface area contributed by atoms with Gasteiger partial charge in [-0.25, -0.2) is 0 Å². The highest BCUT2D eigenvalue weighted by molar-refractivity contribution is 5.98. The molecule has 1 heterocycles. The maximum atomic E-state index is 12.4. The van der Waals surface area contributed by atoms with Crippen LogP contribution in [0, 0.1) is 18.8 Å². The molecule has 120 valence electrons. The van der Waals surface area contributed by atoms with E-state index in [4.69, 9.17) is 4.52 Å². The van der Waals surface area contributed by atoms with Crippen molar-refractivity contribution >= 4 is 17.6 Å². The van der Waals surface area contributed by atoms with Gasteiger partial charge < -0.3 is 14.7 Å². The van der Waals surface area contributed by atoms with E-state index < -0.39 is 0 Å². The quantitative estimate of drug-likeness (QED) is 0.918. The Labute approximate surface area is 134 Å². The van der Waals surface area contributed by atoms with E-state index in [2.05, 4.69) is 10.5 Å². The van der Waals surface area contributed by atoms with Crippen molar-refractivity contribution in [3.8, 4) is 0 Å². The molecule has 1 aliphatic rings. The smallest absolute Gasteiger partial charge is 0.229 e. The minimum atomic E-state index is -0.280. The number of nitrogens with one attached hydrogen (secondary N) is 1. The molecule has 2 atom stereocenters. The van der Waals surface area contributed by atoms with E-state index in [1.165, 1.54) is 0 Å². The van der Waals surface area contributed by atoms with Crippen LogP contribution in [0.5, 0.6) is 0 Å². The second-order valence-electron chi connectivity index (χ2n) is 5.94. The Morgan fingerprint density at radius 1 is 1.30 bits per heavy atom. The van der Waals surface area contributed by atoms with Crippen LogP contribution >= 0.6 is 0 Å². The lowest BCUT2D eigenvalue weighted by atomic mass is 10.2. The highest BCUT2D eigenvalue weighted by atomic mass is 16.5. The van der Waals surface area contributed by atoms with E-state index in [-0.39, 0.29) is 23.7 Å². The number of rotatable bonds is 5. The zero-order valence-corrected chi connectivity index (χ0v) is 13.2. The van der Waals surface area contributed by atoms with Gasteiger partial charge >= 0.3 is 0 Å². The Hall–Kier alpha value is -2.63. The van der Waals surface area contributed by atoms with Gasteiger partial charge in [-0.15, -0.1) is 0 Å². The highest BCUT2D eigenvalue weighted by Crippen LogP contribution is 2.40. The van der Waals surface area contributed by atoms with Crippen molar-refractivity contribution in [1.82, 2.24) is 10.1 Å². The number of benzene rings is 1. The van der Waals surface area contributed by atoms with Crippen LogP contribution in [0.3, 0.4) is 0 Å². The van der Waals surface area contributed by atoms with Gasteiger partial charge in [0, 0.05) is 19.7 Å². The molecular weight excluding hydrogens is 294 g/mol. The molecule has 0 spiro atoms. The summed E-state index contributed by atoms with van der Waals surface area (Å²) in [5.74, 6) is 0.332. The van der Waals surface area contributed by atoms with Gasteiger partial charge in [-0.3, -0.25) is 9.59 Å². The van der Waals surface area contributed by atoms with E-state index in [1.54, 1.807) is 24.9 Å². The van der Waals surface area contributed by atoms with Gasteiger partial charge in [-0.05, 0) is 18.9 Å². The van der Waals surface area contributed by atoms with Crippen LogP contribution in [0.1, 0.15) is 17.7 Å². The number of amides is 2. The second-order valence-corrected chi connectivity index (χ2v) is 5.94. The van der Waals surface area contributed by atoms with Crippen molar-refractivity contribution in [3.05, 3.63) is 47.7 Å². The standard InChI is InChI=1S/C17H19N3O3/c1-11-8-15(19-23-11)18-16(21)13-9-14(13)17(22)20(2)10-12-6-4-3-5-7-12/h3-8,13-14H,9-10H2,1-2H3,(H,18,19,21). The fourth-order valence-electron chi connectivity index (χ4n) is 2.62. The van der Waals surface area contributed by atoms with Crippen LogP contribution in [-0.4, -0.2) is 28.9 Å². The number of carbonyl (C=O) groups is 2. The minimum Gasteiger partial charge on any atom is -0.360 e. The van der Waals surface area contributed by atoms with Crippen LogP contribution in [0.2, 0.25) is 0 Å². The molecule has 6 heteroatoms. The highest BCUT2D eigenvalue weighted by Gasteiger charge is 2.49. The zero-order chi connectivity index (χ0) is 16.4. The number of hydrogen-bond acceptors (Lipinski definition) is 4. The maximum Gasteiger partial charge on any atom is 0.229 e. The molecule has 23 heavy (non-hydrogen) atoms. The Bertz CT molecular complexity index is 711. The van der Waals surface area contributed by atoms with Crippen molar-refractivity contribution in [2.75, 3.05) is 12.4 Å². The number of nitrogens with zero attached hydrogens (tertiary/aromatic N) is 2. The summed E-state index contributed by atoms with van der Waals surface area (Å²) in [5, 5.41) is 6.41. The van der Waals surface area contributed by atoms with Gasteiger partial charge in [0.25, 0.3) is 0 Å². The minimum absolute atomic E-state index is 0.00494. The second kappa shape index (κ2) is 6.24. The molecule has 2 aromatic rings. The molecule has 0 aliphatic heterocycles. The molecule has 1 N–H and O–H groups in total. The molecular formula is C17H19N3O3. The van der Waals surface area contributed by atoms with Crippen LogP contribution in [-0.2, 0) is 16.1 Å². The zero-order valence-electron chi connectivity index (χ0n) is 13.2. The van der Waals surface area contributed by atoms with Crippen LogP contribution in [0.25, 0.3) is 0 Å². The van der Waals surface area contributed by atoms with E-state index in [0.29, 0.717) is 24.5 Å². The van der Waals surface area contributed by atoms with Gasteiger partial charge in [0.1, 0.15) is 5.76 Å². The summed E-state index contributed by atoms with van der Waals surface area (Å²) in [7, 11) is 1.77. The number of hydrogen-bond donors (Lipinski definition) is 1. The summed E-state index contributed by atoms with van der Waals surface area (Å²) >= 11 is 0. The summed E-state index contributed by atoms with van der Waals surface area (Å²) in [6.07, 6.45) is 0.584. The van der Waals surface area contributed by atoms with Gasteiger partial charge in [0.05, 0.1) is 11.8 Å².